The highest BCUT2D eigenvalue weighted by molar-refractivity contribution is 4.84. The summed E-state index contributed by atoms with van der Waals surface area (Å²) in [5, 5.41) is 8.76. The molecule has 0 radical (unpaired) electrons. The number of hydrogen-bond acceptors (Lipinski definition) is 1. The molecule has 1 unspecified atom stereocenters. The molecular formula is C6H12O. The van der Waals surface area contributed by atoms with Crippen LogP contribution in [-0.4, -0.2) is 11.2 Å². The quantitative estimate of drug-likeness (QED) is 0.552. The summed E-state index contributed by atoms with van der Waals surface area (Å²) in [6.07, 6.45) is 3.58. The van der Waals surface area contributed by atoms with Gasteiger partial charge in [-0.1, -0.05) is 13.3 Å². The Morgan fingerprint density at radius 3 is 2.43 bits per heavy atom. The summed E-state index contributed by atoms with van der Waals surface area (Å²) in [5.74, 6) is 0.671. The van der Waals surface area contributed by atoms with Gasteiger partial charge in [0.05, 0.1) is 6.10 Å². The Labute approximate surface area is 44.4 Å². The minimum absolute atomic E-state index is 0.0694. The van der Waals surface area contributed by atoms with E-state index < -0.39 is 0 Å². The maximum Gasteiger partial charge on any atom is 0.0573 e. The van der Waals surface area contributed by atoms with Gasteiger partial charge in [0, 0.05) is 0 Å². The third-order valence-electron chi connectivity index (χ3n) is 1.54. The number of hydrogen-bond donors (Lipinski definition) is 1. The van der Waals surface area contributed by atoms with E-state index in [1.165, 1.54) is 12.8 Å². The van der Waals surface area contributed by atoms with Gasteiger partial charge in [-0.15, -0.1) is 0 Å². The van der Waals surface area contributed by atoms with Crippen molar-refractivity contribution in [3.8, 4) is 0 Å². The zero-order valence-corrected chi connectivity index (χ0v) is 4.72. The summed E-state index contributed by atoms with van der Waals surface area (Å²) < 4.78 is 0. The van der Waals surface area contributed by atoms with Crippen LogP contribution in [0.2, 0.25) is 0 Å². The fourth-order valence-electron chi connectivity index (χ4n) is 0.913. The van der Waals surface area contributed by atoms with Crippen LogP contribution in [0.25, 0.3) is 0 Å². The van der Waals surface area contributed by atoms with Crippen LogP contribution >= 0.6 is 0 Å². The lowest BCUT2D eigenvalue weighted by Crippen LogP contribution is -1.82. The van der Waals surface area contributed by atoms with E-state index in [4.69, 9.17) is 5.11 Å². The highest BCUT2D eigenvalue weighted by atomic mass is 16.3. The molecule has 2 atom stereocenters. The molecule has 1 fully saturated rings. The Morgan fingerprint density at radius 1 is 1.71 bits per heavy atom. The molecule has 1 aliphatic rings. The molecule has 1 heteroatoms. The van der Waals surface area contributed by atoms with Crippen molar-refractivity contribution in [2.45, 2.75) is 32.3 Å². The molecule has 0 aliphatic heterocycles. The van der Waals surface area contributed by atoms with Crippen LogP contribution in [-0.2, 0) is 0 Å². The van der Waals surface area contributed by atoms with Crippen molar-refractivity contribution in [3.63, 3.8) is 0 Å². The van der Waals surface area contributed by atoms with Crippen LogP contribution in [0.4, 0.5) is 0 Å². The Balaban J connectivity index is 1.98. The van der Waals surface area contributed by atoms with Gasteiger partial charge in [0.15, 0.2) is 0 Å². The lowest BCUT2D eigenvalue weighted by Gasteiger charge is -1.86. The number of rotatable bonds is 2. The first kappa shape index (κ1) is 5.10. The van der Waals surface area contributed by atoms with Crippen LogP contribution in [0.5, 0.6) is 0 Å². The second-order valence-corrected chi connectivity index (χ2v) is 2.35. The first-order valence-corrected chi connectivity index (χ1v) is 3.02. The van der Waals surface area contributed by atoms with Gasteiger partial charge in [-0.3, -0.25) is 0 Å². The summed E-state index contributed by atoms with van der Waals surface area (Å²) in [6, 6.07) is 0. The zero-order valence-electron chi connectivity index (χ0n) is 4.72. The molecule has 1 N–H and O–H groups in total. The van der Waals surface area contributed by atoms with Gasteiger partial charge in [0.2, 0.25) is 0 Å². The van der Waals surface area contributed by atoms with Gasteiger partial charge in [-0.05, 0) is 18.8 Å². The first-order valence-electron chi connectivity index (χ1n) is 3.02. The lowest BCUT2D eigenvalue weighted by atomic mass is 10.2. The molecule has 0 spiro atoms. The van der Waals surface area contributed by atoms with Crippen molar-refractivity contribution in [2.75, 3.05) is 0 Å². The van der Waals surface area contributed by atoms with E-state index in [1.807, 2.05) is 0 Å². The molecule has 0 aromatic heterocycles. The van der Waals surface area contributed by atoms with E-state index in [2.05, 4.69) is 6.92 Å². The third-order valence-corrected chi connectivity index (χ3v) is 1.54. The topological polar surface area (TPSA) is 20.2 Å². The standard InChI is InChI=1S/C6H12O/c1-2-3-5-4-6(5)7/h5-7H,2-4H2,1H3/t5-,6?/m0/s1. The molecule has 0 aromatic carbocycles. The normalized spacial score (nSPS) is 38.6. The average molecular weight is 100 g/mol. The van der Waals surface area contributed by atoms with Crippen molar-refractivity contribution in [3.05, 3.63) is 0 Å². The fourth-order valence-corrected chi connectivity index (χ4v) is 0.913. The Hall–Kier alpha value is -0.0400. The van der Waals surface area contributed by atoms with Crippen LogP contribution in [0.15, 0.2) is 0 Å². The van der Waals surface area contributed by atoms with Gasteiger partial charge < -0.3 is 5.11 Å². The molecule has 1 rings (SSSR count). The van der Waals surface area contributed by atoms with E-state index in [0.717, 1.165) is 6.42 Å². The first-order chi connectivity index (χ1) is 3.34. The third kappa shape index (κ3) is 1.16. The molecule has 0 amide bonds. The van der Waals surface area contributed by atoms with Crippen molar-refractivity contribution in [1.29, 1.82) is 0 Å². The number of aliphatic hydroxyl groups is 1. The second-order valence-electron chi connectivity index (χ2n) is 2.35. The minimum Gasteiger partial charge on any atom is -0.393 e. The van der Waals surface area contributed by atoms with Gasteiger partial charge in [-0.25, -0.2) is 0 Å². The molecule has 0 saturated heterocycles. The predicted molar refractivity (Wildman–Crippen MR) is 29.0 cm³/mol. The molecule has 42 valence electrons. The fraction of sp³-hybridized carbons (Fsp3) is 1.00. The monoisotopic (exact) mass is 100 g/mol. The van der Waals surface area contributed by atoms with E-state index in [9.17, 15) is 0 Å². The predicted octanol–water partition coefficient (Wildman–Crippen LogP) is 1.17. The molecule has 7 heavy (non-hydrogen) atoms. The summed E-state index contributed by atoms with van der Waals surface area (Å²) in [6.45, 7) is 2.16. The summed E-state index contributed by atoms with van der Waals surface area (Å²) >= 11 is 0. The highest BCUT2D eigenvalue weighted by Gasteiger charge is 2.33. The molecular weight excluding hydrogens is 88.1 g/mol. The summed E-state index contributed by atoms with van der Waals surface area (Å²) in [5.41, 5.74) is 0. The molecule has 1 saturated carbocycles. The molecule has 0 bridgehead atoms. The van der Waals surface area contributed by atoms with Gasteiger partial charge in [0.25, 0.3) is 0 Å². The molecule has 1 nitrogen and oxygen atoms in total. The van der Waals surface area contributed by atoms with Gasteiger partial charge in [0.1, 0.15) is 0 Å². The molecule has 0 aromatic rings. The average Bonchev–Trinajstić information content (AvgIpc) is 2.22. The smallest absolute Gasteiger partial charge is 0.0573 e. The van der Waals surface area contributed by atoms with Crippen LogP contribution < -0.4 is 0 Å². The van der Waals surface area contributed by atoms with E-state index in [1.54, 1.807) is 0 Å². The van der Waals surface area contributed by atoms with E-state index in [-0.39, 0.29) is 6.10 Å². The summed E-state index contributed by atoms with van der Waals surface area (Å²) in [7, 11) is 0. The van der Waals surface area contributed by atoms with Gasteiger partial charge in [-0.2, -0.15) is 0 Å². The minimum atomic E-state index is 0.0694. The van der Waals surface area contributed by atoms with Crippen LogP contribution in [0.3, 0.4) is 0 Å². The van der Waals surface area contributed by atoms with Crippen molar-refractivity contribution in [1.82, 2.24) is 0 Å². The SMILES string of the molecule is CCC[C@H]1CC1O. The van der Waals surface area contributed by atoms with Gasteiger partial charge >= 0.3 is 0 Å². The highest BCUT2D eigenvalue weighted by Crippen LogP contribution is 2.33. The van der Waals surface area contributed by atoms with Crippen LogP contribution in [0.1, 0.15) is 26.2 Å². The van der Waals surface area contributed by atoms with E-state index in [0.29, 0.717) is 5.92 Å². The number of aliphatic hydroxyl groups excluding tert-OH is 1. The van der Waals surface area contributed by atoms with Crippen molar-refractivity contribution < 1.29 is 5.11 Å². The Morgan fingerprint density at radius 2 is 2.29 bits per heavy atom. The Bertz CT molecular complexity index is 61.2. The maximum atomic E-state index is 8.76. The largest absolute Gasteiger partial charge is 0.393 e. The maximum absolute atomic E-state index is 8.76. The lowest BCUT2D eigenvalue weighted by molar-refractivity contribution is 0.256. The Kier molecular flexibility index (Phi) is 1.33. The molecule has 1 aliphatic carbocycles. The summed E-state index contributed by atoms with van der Waals surface area (Å²) in [4.78, 5) is 0. The van der Waals surface area contributed by atoms with Crippen molar-refractivity contribution in [2.24, 2.45) is 5.92 Å². The van der Waals surface area contributed by atoms with Crippen LogP contribution in [0, 0.1) is 5.92 Å². The molecule has 0 heterocycles. The van der Waals surface area contributed by atoms with Crippen molar-refractivity contribution >= 4 is 0 Å². The van der Waals surface area contributed by atoms with E-state index >= 15 is 0 Å². The zero-order chi connectivity index (χ0) is 5.28. The second kappa shape index (κ2) is 1.83.